The molecular formula is C14H23FN2. The van der Waals surface area contributed by atoms with Gasteiger partial charge in [0.1, 0.15) is 5.82 Å². The van der Waals surface area contributed by atoms with Gasteiger partial charge in [-0.3, -0.25) is 0 Å². The van der Waals surface area contributed by atoms with Crippen molar-refractivity contribution < 1.29 is 4.39 Å². The van der Waals surface area contributed by atoms with Crippen molar-refractivity contribution in [2.75, 3.05) is 25.5 Å². The summed E-state index contributed by atoms with van der Waals surface area (Å²) in [4.78, 5) is 2.16. The predicted molar refractivity (Wildman–Crippen MR) is 72.0 cm³/mol. The molecule has 1 aromatic carbocycles. The number of rotatable bonds is 6. The van der Waals surface area contributed by atoms with E-state index in [-0.39, 0.29) is 5.82 Å². The van der Waals surface area contributed by atoms with Gasteiger partial charge in [-0.25, -0.2) is 4.39 Å². The van der Waals surface area contributed by atoms with Gasteiger partial charge in [0, 0.05) is 25.3 Å². The molecule has 0 saturated carbocycles. The SMILES string of the molecule is CCC(C)C(CN(C)c1ccc(F)cc1)NC. The number of nitrogens with one attached hydrogen (secondary N) is 1. The minimum absolute atomic E-state index is 0.186. The number of anilines is 1. The first kappa shape index (κ1) is 14.0. The molecule has 1 N–H and O–H groups in total. The Kier molecular flexibility index (Phi) is 5.42. The number of hydrogen-bond acceptors (Lipinski definition) is 2. The van der Waals surface area contributed by atoms with Crippen LogP contribution in [0.25, 0.3) is 0 Å². The molecule has 0 spiro atoms. The van der Waals surface area contributed by atoms with Gasteiger partial charge in [-0.15, -0.1) is 0 Å². The van der Waals surface area contributed by atoms with Crippen LogP contribution >= 0.6 is 0 Å². The Morgan fingerprint density at radius 1 is 1.29 bits per heavy atom. The van der Waals surface area contributed by atoms with Gasteiger partial charge >= 0.3 is 0 Å². The van der Waals surface area contributed by atoms with Crippen LogP contribution < -0.4 is 10.2 Å². The first-order valence-corrected chi connectivity index (χ1v) is 6.22. The molecule has 2 nitrogen and oxygen atoms in total. The molecule has 3 heteroatoms. The van der Waals surface area contributed by atoms with Crippen LogP contribution in [-0.4, -0.2) is 26.7 Å². The standard InChI is InChI=1S/C14H23FN2/c1-5-11(2)14(16-3)10-17(4)13-8-6-12(15)7-9-13/h6-9,11,14,16H,5,10H2,1-4H3. The summed E-state index contributed by atoms with van der Waals surface area (Å²) in [5.74, 6) is 0.442. The summed E-state index contributed by atoms with van der Waals surface area (Å²) >= 11 is 0. The highest BCUT2D eigenvalue weighted by Crippen LogP contribution is 2.16. The predicted octanol–water partition coefficient (Wildman–Crippen LogP) is 2.90. The first-order valence-electron chi connectivity index (χ1n) is 6.22. The lowest BCUT2D eigenvalue weighted by atomic mass is 9.99. The molecule has 0 heterocycles. The Morgan fingerprint density at radius 3 is 2.35 bits per heavy atom. The van der Waals surface area contributed by atoms with Gasteiger partial charge in [-0.2, -0.15) is 0 Å². The van der Waals surface area contributed by atoms with E-state index in [9.17, 15) is 4.39 Å². The summed E-state index contributed by atoms with van der Waals surface area (Å²) in [7, 11) is 4.04. The molecule has 17 heavy (non-hydrogen) atoms. The Morgan fingerprint density at radius 2 is 1.88 bits per heavy atom. The second-order valence-corrected chi connectivity index (χ2v) is 4.64. The van der Waals surface area contributed by atoms with Crippen LogP contribution in [-0.2, 0) is 0 Å². The average Bonchev–Trinajstić information content (AvgIpc) is 2.35. The molecule has 0 fully saturated rings. The van der Waals surface area contributed by atoms with Crippen molar-refractivity contribution in [2.45, 2.75) is 26.3 Å². The lowest BCUT2D eigenvalue weighted by Crippen LogP contribution is -2.42. The van der Waals surface area contributed by atoms with Gasteiger partial charge in [-0.05, 0) is 37.2 Å². The molecule has 2 atom stereocenters. The zero-order chi connectivity index (χ0) is 12.8. The molecule has 2 unspecified atom stereocenters. The topological polar surface area (TPSA) is 15.3 Å². The molecule has 0 radical (unpaired) electrons. The molecule has 1 rings (SSSR count). The largest absolute Gasteiger partial charge is 0.373 e. The third kappa shape index (κ3) is 4.00. The van der Waals surface area contributed by atoms with Crippen molar-refractivity contribution in [3.8, 4) is 0 Å². The highest BCUT2D eigenvalue weighted by molar-refractivity contribution is 5.45. The van der Waals surface area contributed by atoms with Gasteiger partial charge in [-0.1, -0.05) is 20.3 Å². The third-order valence-corrected chi connectivity index (χ3v) is 3.44. The minimum atomic E-state index is -0.186. The highest BCUT2D eigenvalue weighted by Gasteiger charge is 2.15. The van der Waals surface area contributed by atoms with E-state index in [4.69, 9.17) is 0 Å². The fraction of sp³-hybridized carbons (Fsp3) is 0.571. The molecule has 0 aliphatic carbocycles. The van der Waals surface area contributed by atoms with Crippen LogP contribution in [0.5, 0.6) is 0 Å². The quantitative estimate of drug-likeness (QED) is 0.820. The Hall–Kier alpha value is -1.09. The summed E-state index contributed by atoms with van der Waals surface area (Å²) in [6, 6.07) is 7.10. The van der Waals surface area contributed by atoms with E-state index in [2.05, 4.69) is 24.1 Å². The molecule has 0 saturated heterocycles. The zero-order valence-corrected chi connectivity index (χ0v) is 11.2. The molecule has 0 aliphatic rings. The third-order valence-electron chi connectivity index (χ3n) is 3.44. The van der Waals surface area contributed by atoms with E-state index in [1.54, 1.807) is 0 Å². The molecular weight excluding hydrogens is 215 g/mol. The summed E-state index contributed by atoms with van der Waals surface area (Å²) in [5, 5.41) is 3.35. The molecule has 0 amide bonds. The molecule has 0 aromatic heterocycles. The molecule has 1 aromatic rings. The minimum Gasteiger partial charge on any atom is -0.373 e. The number of likely N-dealkylation sites (N-methyl/N-ethyl adjacent to an activating group) is 2. The number of benzene rings is 1. The molecule has 0 aliphatic heterocycles. The Labute approximate surface area is 104 Å². The summed E-state index contributed by atoms with van der Waals surface area (Å²) in [6.07, 6.45) is 1.16. The van der Waals surface area contributed by atoms with Gasteiger partial charge in [0.25, 0.3) is 0 Å². The van der Waals surface area contributed by atoms with Crippen LogP contribution in [0.15, 0.2) is 24.3 Å². The summed E-state index contributed by atoms with van der Waals surface area (Å²) < 4.78 is 12.8. The van der Waals surface area contributed by atoms with Crippen molar-refractivity contribution in [1.29, 1.82) is 0 Å². The monoisotopic (exact) mass is 238 g/mol. The van der Waals surface area contributed by atoms with E-state index >= 15 is 0 Å². The van der Waals surface area contributed by atoms with Crippen molar-refractivity contribution in [3.63, 3.8) is 0 Å². The fourth-order valence-electron chi connectivity index (χ4n) is 1.94. The van der Waals surface area contributed by atoms with Gasteiger partial charge in [0.05, 0.1) is 0 Å². The second-order valence-electron chi connectivity index (χ2n) is 4.64. The Balaban J connectivity index is 2.64. The van der Waals surface area contributed by atoms with Crippen LogP contribution in [0.1, 0.15) is 20.3 Å². The van der Waals surface area contributed by atoms with Crippen LogP contribution in [0.4, 0.5) is 10.1 Å². The Bertz CT molecular complexity index is 323. The maximum atomic E-state index is 12.8. The van der Waals surface area contributed by atoms with Crippen LogP contribution in [0.3, 0.4) is 0 Å². The smallest absolute Gasteiger partial charge is 0.123 e. The maximum Gasteiger partial charge on any atom is 0.123 e. The van der Waals surface area contributed by atoms with E-state index < -0.39 is 0 Å². The van der Waals surface area contributed by atoms with E-state index in [0.717, 1.165) is 18.7 Å². The summed E-state index contributed by atoms with van der Waals surface area (Å²) in [5.41, 5.74) is 1.05. The summed E-state index contributed by atoms with van der Waals surface area (Å²) in [6.45, 7) is 5.38. The van der Waals surface area contributed by atoms with Crippen molar-refractivity contribution >= 4 is 5.69 Å². The lowest BCUT2D eigenvalue weighted by molar-refractivity contribution is 0.391. The normalized spacial score (nSPS) is 14.4. The lowest BCUT2D eigenvalue weighted by Gasteiger charge is -2.29. The van der Waals surface area contributed by atoms with Crippen molar-refractivity contribution in [1.82, 2.24) is 5.32 Å². The van der Waals surface area contributed by atoms with Crippen molar-refractivity contribution in [3.05, 3.63) is 30.1 Å². The second kappa shape index (κ2) is 6.60. The van der Waals surface area contributed by atoms with Crippen LogP contribution in [0.2, 0.25) is 0 Å². The molecule has 0 bridgehead atoms. The average molecular weight is 238 g/mol. The first-order chi connectivity index (χ1) is 8.08. The number of halogens is 1. The van der Waals surface area contributed by atoms with Gasteiger partial charge in [0.2, 0.25) is 0 Å². The zero-order valence-electron chi connectivity index (χ0n) is 11.2. The fourth-order valence-corrected chi connectivity index (χ4v) is 1.94. The van der Waals surface area contributed by atoms with Gasteiger partial charge in [0.15, 0.2) is 0 Å². The van der Waals surface area contributed by atoms with Gasteiger partial charge < -0.3 is 10.2 Å². The number of hydrogen-bond donors (Lipinski definition) is 1. The van der Waals surface area contributed by atoms with E-state index in [0.29, 0.717) is 12.0 Å². The molecule has 96 valence electrons. The maximum absolute atomic E-state index is 12.8. The number of nitrogens with zero attached hydrogens (tertiary/aromatic N) is 1. The van der Waals surface area contributed by atoms with E-state index in [1.807, 2.05) is 26.2 Å². The van der Waals surface area contributed by atoms with Crippen LogP contribution in [0, 0.1) is 11.7 Å². The van der Waals surface area contributed by atoms with Crippen molar-refractivity contribution in [2.24, 2.45) is 5.92 Å². The highest BCUT2D eigenvalue weighted by atomic mass is 19.1. The van der Waals surface area contributed by atoms with E-state index in [1.165, 1.54) is 12.1 Å².